The molecule has 0 aliphatic rings. The Morgan fingerprint density at radius 2 is 1.88 bits per heavy atom. The monoisotopic (exact) mass is 253 g/mol. The van der Waals surface area contributed by atoms with Crippen molar-refractivity contribution in [1.82, 2.24) is 4.57 Å². The molecule has 5 heteroatoms. The number of rotatable bonds is 3. The number of hydrogen-bond donors (Lipinski definition) is 2. The third-order valence-corrected chi connectivity index (χ3v) is 2.79. The first-order valence-corrected chi connectivity index (χ1v) is 5.53. The lowest BCUT2D eigenvalue weighted by Gasteiger charge is -2.07. The van der Waals surface area contributed by atoms with Crippen LogP contribution in [0.2, 0.25) is 0 Å². The molecule has 17 heavy (non-hydrogen) atoms. The van der Waals surface area contributed by atoms with Gasteiger partial charge in [-0.15, -0.1) is 11.6 Å². The Bertz CT molecular complexity index is 519. The standard InChI is InChI=1S/C12H12ClNO3/c1-17-10-4-2-9(3-5-10)14-11(15)6-8(7-13)12(14)16/h2-6,15-16H,7H2,1H3. The van der Waals surface area contributed by atoms with Crippen LogP contribution in [0.15, 0.2) is 30.3 Å². The van der Waals surface area contributed by atoms with Crippen LogP contribution >= 0.6 is 11.6 Å². The summed E-state index contributed by atoms with van der Waals surface area (Å²) in [5.41, 5.74) is 1.12. The van der Waals surface area contributed by atoms with Gasteiger partial charge in [0.05, 0.1) is 18.7 Å². The van der Waals surface area contributed by atoms with Gasteiger partial charge in [-0.25, -0.2) is 0 Å². The molecular weight excluding hydrogens is 242 g/mol. The summed E-state index contributed by atoms with van der Waals surface area (Å²) in [6.07, 6.45) is 0. The van der Waals surface area contributed by atoms with E-state index in [4.69, 9.17) is 16.3 Å². The lowest BCUT2D eigenvalue weighted by Crippen LogP contribution is -1.93. The number of aromatic hydroxyl groups is 2. The van der Waals surface area contributed by atoms with E-state index in [9.17, 15) is 10.2 Å². The highest BCUT2D eigenvalue weighted by molar-refractivity contribution is 6.17. The van der Waals surface area contributed by atoms with E-state index in [1.165, 1.54) is 10.6 Å². The van der Waals surface area contributed by atoms with Crippen LogP contribution in [0.3, 0.4) is 0 Å². The second kappa shape index (κ2) is 4.59. The van der Waals surface area contributed by atoms with Gasteiger partial charge in [0.2, 0.25) is 5.88 Å². The average molecular weight is 254 g/mol. The Kier molecular flexibility index (Phi) is 3.15. The molecule has 90 valence electrons. The first-order valence-electron chi connectivity index (χ1n) is 5.00. The fourth-order valence-corrected chi connectivity index (χ4v) is 1.82. The molecule has 0 atom stereocenters. The maximum atomic E-state index is 9.88. The van der Waals surface area contributed by atoms with Crippen molar-refractivity contribution in [2.24, 2.45) is 0 Å². The molecule has 0 bridgehead atoms. The summed E-state index contributed by atoms with van der Waals surface area (Å²) in [4.78, 5) is 0. The number of benzene rings is 1. The van der Waals surface area contributed by atoms with E-state index in [0.29, 0.717) is 17.0 Å². The van der Waals surface area contributed by atoms with Crippen LogP contribution in [0.25, 0.3) is 5.69 Å². The molecule has 0 amide bonds. The molecule has 2 rings (SSSR count). The van der Waals surface area contributed by atoms with Crippen molar-refractivity contribution in [3.05, 3.63) is 35.9 Å². The molecule has 0 aliphatic heterocycles. The van der Waals surface area contributed by atoms with E-state index in [2.05, 4.69) is 0 Å². The van der Waals surface area contributed by atoms with Gasteiger partial charge in [-0.2, -0.15) is 0 Å². The van der Waals surface area contributed by atoms with Crippen molar-refractivity contribution in [1.29, 1.82) is 0 Å². The number of methoxy groups -OCH3 is 1. The first kappa shape index (κ1) is 11.7. The van der Waals surface area contributed by atoms with Crippen LogP contribution in [-0.2, 0) is 5.88 Å². The number of ether oxygens (including phenoxy) is 1. The Labute approximate surface area is 104 Å². The fraction of sp³-hybridized carbons (Fsp3) is 0.167. The normalized spacial score (nSPS) is 10.5. The van der Waals surface area contributed by atoms with Gasteiger partial charge in [0.15, 0.2) is 5.88 Å². The Hall–Kier alpha value is -1.81. The summed E-state index contributed by atoms with van der Waals surface area (Å²) in [6.45, 7) is 0. The second-order valence-corrected chi connectivity index (χ2v) is 3.79. The summed E-state index contributed by atoms with van der Waals surface area (Å²) in [6, 6.07) is 8.39. The van der Waals surface area contributed by atoms with Gasteiger partial charge in [0.1, 0.15) is 5.75 Å². The van der Waals surface area contributed by atoms with Crippen molar-refractivity contribution in [3.63, 3.8) is 0 Å². The topological polar surface area (TPSA) is 54.6 Å². The summed E-state index contributed by atoms with van der Waals surface area (Å²) >= 11 is 5.65. The van der Waals surface area contributed by atoms with E-state index in [-0.39, 0.29) is 17.6 Å². The van der Waals surface area contributed by atoms with E-state index < -0.39 is 0 Å². The van der Waals surface area contributed by atoms with E-state index in [1.807, 2.05) is 0 Å². The zero-order valence-corrected chi connectivity index (χ0v) is 9.98. The van der Waals surface area contributed by atoms with Crippen LogP contribution in [-0.4, -0.2) is 21.9 Å². The van der Waals surface area contributed by atoms with Crippen LogP contribution in [0, 0.1) is 0 Å². The smallest absolute Gasteiger partial charge is 0.203 e. The minimum Gasteiger partial charge on any atom is -0.497 e. The Morgan fingerprint density at radius 1 is 1.24 bits per heavy atom. The molecule has 0 unspecified atom stereocenters. The van der Waals surface area contributed by atoms with Crippen molar-refractivity contribution in [3.8, 4) is 23.2 Å². The molecule has 1 heterocycles. The minimum absolute atomic E-state index is 0.0525. The molecule has 0 saturated heterocycles. The van der Waals surface area contributed by atoms with Crippen LogP contribution < -0.4 is 4.74 Å². The number of nitrogens with zero attached hydrogens (tertiary/aromatic N) is 1. The van der Waals surface area contributed by atoms with E-state index >= 15 is 0 Å². The summed E-state index contributed by atoms with van der Waals surface area (Å²) in [7, 11) is 1.57. The molecule has 0 aliphatic carbocycles. The maximum absolute atomic E-state index is 9.88. The van der Waals surface area contributed by atoms with Gasteiger partial charge in [-0.3, -0.25) is 4.57 Å². The third kappa shape index (κ3) is 2.03. The lowest BCUT2D eigenvalue weighted by molar-refractivity contribution is 0.400. The van der Waals surface area contributed by atoms with Gasteiger partial charge in [0.25, 0.3) is 0 Å². The van der Waals surface area contributed by atoms with Crippen molar-refractivity contribution < 1.29 is 14.9 Å². The zero-order valence-electron chi connectivity index (χ0n) is 9.22. The average Bonchev–Trinajstić information content (AvgIpc) is 2.64. The molecule has 0 spiro atoms. The van der Waals surface area contributed by atoms with Gasteiger partial charge < -0.3 is 14.9 Å². The quantitative estimate of drug-likeness (QED) is 0.827. The van der Waals surface area contributed by atoms with Crippen molar-refractivity contribution >= 4 is 11.6 Å². The van der Waals surface area contributed by atoms with Gasteiger partial charge in [-0.1, -0.05) is 0 Å². The largest absolute Gasteiger partial charge is 0.497 e. The lowest BCUT2D eigenvalue weighted by atomic mass is 10.3. The SMILES string of the molecule is COc1ccc(-n2c(O)cc(CCl)c2O)cc1. The number of hydrogen-bond acceptors (Lipinski definition) is 3. The molecule has 2 aromatic rings. The van der Waals surface area contributed by atoms with Gasteiger partial charge in [-0.05, 0) is 24.3 Å². The molecule has 0 saturated carbocycles. The predicted molar refractivity (Wildman–Crippen MR) is 65.2 cm³/mol. The zero-order chi connectivity index (χ0) is 12.4. The van der Waals surface area contributed by atoms with Crippen LogP contribution in [0.5, 0.6) is 17.5 Å². The van der Waals surface area contributed by atoms with Crippen LogP contribution in [0.1, 0.15) is 5.56 Å². The summed E-state index contributed by atoms with van der Waals surface area (Å²) in [5, 5.41) is 19.6. The van der Waals surface area contributed by atoms with Crippen molar-refractivity contribution in [2.45, 2.75) is 5.88 Å². The molecule has 1 aromatic heterocycles. The molecule has 1 aromatic carbocycles. The molecule has 0 radical (unpaired) electrons. The Morgan fingerprint density at radius 3 is 2.35 bits per heavy atom. The molecule has 0 fully saturated rings. The highest BCUT2D eigenvalue weighted by atomic mass is 35.5. The minimum atomic E-state index is -0.0531. The maximum Gasteiger partial charge on any atom is 0.203 e. The summed E-state index contributed by atoms with van der Waals surface area (Å²) in [5.74, 6) is 0.742. The highest BCUT2D eigenvalue weighted by Gasteiger charge is 2.14. The third-order valence-electron chi connectivity index (χ3n) is 2.51. The Balaban J connectivity index is 2.48. The fourth-order valence-electron chi connectivity index (χ4n) is 1.62. The van der Waals surface area contributed by atoms with E-state index in [0.717, 1.165) is 0 Å². The van der Waals surface area contributed by atoms with Crippen LogP contribution in [0.4, 0.5) is 0 Å². The number of halogens is 1. The highest BCUT2D eigenvalue weighted by Crippen LogP contribution is 2.32. The summed E-state index contributed by atoms with van der Waals surface area (Å²) < 4.78 is 6.35. The van der Waals surface area contributed by atoms with Gasteiger partial charge in [0, 0.05) is 11.6 Å². The first-order chi connectivity index (χ1) is 8.17. The molecule has 4 nitrogen and oxygen atoms in total. The van der Waals surface area contributed by atoms with Crippen molar-refractivity contribution in [2.75, 3.05) is 7.11 Å². The van der Waals surface area contributed by atoms with Gasteiger partial charge >= 0.3 is 0 Å². The number of aromatic nitrogens is 1. The predicted octanol–water partition coefficient (Wildman–Crippen LogP) is 2.64. The molecule has 2 N–H and O–H groups in total. The molecular formula is C12H12ClNO3. The number of alkyl halides is 1. The second-order valence-electron chi connectivity index (χ2n) is 3.52. The van der Waals surface area contributed by atoms with E-state index in [1.54, 1.807) is 31.4 Å².